The Kier molecular flexibility index (Phi) is 6.38. The molecule has 0 N–H and O–H groups in total. The molecule has 3 aromatic rings. The third-order valence-electron chi connectivity index (χ3n) is 6.09. The number of carbonyl (C=O) groups excluding carboxylic acids is 3. The summed E-state index contributed by atoms with van der Waals surface area (Å²) in [6, 6.07) is 6.65. The molecule has 9 heteroatoms. The molecule has 1 aliphatic heterocycles. The molecule has 0 radical (unpaired) electrons. The van der Waals surface area contributed by atoms with Gasteiger partial charge in [-0.25, -0.2) is 4.79 Å². The molecule has 0 bridgehead atoms. The van der Waals surface area contributed by atoms with Crippen molar-refractivity contribution in [2.24, 2.45) is 0 Å². The van der Waals surface area contributed by atoms with E-state index in [0.29, 0.717) is 17.9 Å². The first kappa shape index (κ1) is 22.6. The van der Waals surface area contributed by atoms with Crippen LogP contribution >= 0.6 is 11.8 Å². The minimum Gasteiger partial charge on any atom is -0.491 e. The van der Waals surface area contributed by atoms with Gasteiger partial charge in [-0.2, -0.15) is 11.8 Å². The Balaban J connectivity index is 1.54. The summed E-state index contributed by atoms with van der Waals surface area (Å²) < 4.78 is 13.0. The zero-order valence-corrected chi connectivity index (χ0v) is 19.7. The first-order chi connectivity index (χ1) is 16.6. The summed E-state index contributed by atoms with van der Waals surface area (Å²) in [7, 11) is 0. The molecule has 2 aliphatic rings. The monoisotopic (exact) mass is 479 g/mol. The smallest absolute Gasteiger partial charge is 0.341 e. The van der Waals surface area contributed by atoms with Crippen LogP contribution in [0.25, 0.3) is 5.52 Å². The van der Waals surface area contributed by atoms with Gasteiger partial charge in [0.25, 0.3) is 0 Å². The van der Waals surface area contributed by atoms with Crippen LogP contribution in [0.1, 0.15) is 55.8 Å². The van der Waals surface area contributed by atoms with Gasteiger partial charge >= 0.3 is 5.97 Å². The molecular weight excluding hydrogens is 454 g/mol. The molecule has 4 heterocycles. The summed E-state index contributed by atoms with van der Waals surface area (Å²) in [4.78, 5) is 46.4. The largest absolute Gasteiger partial charge is 0.491 e. The zero-order chi connectivity index (χ0) is 23.7. The lowest BCUT2D eigenvalue weighted by Crippen LogP contribution is -2.33. The summed E-state index contributed by atoms with van der Waals surface area (Å²) in [5, 5.41) is 0. The number of carbonyl (C=O) groups is 3. The Hall–Kier alpha value is -3.17. The average molecular weight is 480 g/mol. The number of aromatic nitrogens is 2. The SMILES string of the molecule is CCOC(=O)c1c2c(n3cccc(OCCCN4CCSCC4)c13)C(=O)c1ncccc1C2=O. The van der Waals surface area contributed by atoms with Crippen molar-refractivity contribution in [1.29, 1.82) is 0 Å². The van der Waals surface area contributed by atoms with Gasteiger partial charge in [0.2, 0.25) is 5.78 Å². The normalized spacial score (nSPS) is 15.8. The van der Waals surface area contributed by atoms with Crippen molar-refractivity contribution in [2.75, 3.05) is 44.4 Å². The lowest BCUT2D eigenvalue weighted by atomic mass is 9.89. The molecule has 1 fully saturated rings. The van der Waals surface area contributed by atoms with Gasteiger partial charge in [0, 0.05) is 43.5 Å². The fraction of sp³-hybridized carbons (Fsp3) is 0.360. The maximum absolute atomic E-state index is 13.4. The van der Waals surface area contributed by atoms with Crippen molar-refractivity contribution in [3.63, 3.8) is 0 Å². The average Bonchev–Trinajstić information content (AvgIpc) is 3.22. The van der Waals surface area contributed by atoms with E-state index >= 15 is 0 Å². The number of thioether (sulfide) groups is 1. The number of fused-ring (bicyclic) bond motifs is 4. The van der Waals surface area contributed by atoms with E-state index in [1.165, 1.54) is 6.20 Å². The summed E-state index contributed by atoms with van der Waals surface area (Å²) >= 11 is 1.97. The van der Waals surface area contributed by atoms with Crippen LogP contribution in [0.4, 0.5) is 0 Å². The Bertz CT molecular complexity index is 1280. The minimum atomic E-state index is -0.656. The number of ketones is 2. The van der Waals surface area contributed by atoms with Gasteiger partial charge in [0.05, 0.1) is 24.3 Å². The molecule has 1 aliphatic carbocycles. The Labute approximate surface area is 201 Å². The summed E-state index contributed by atoms with van der Waals surface area (Å²) in [5.74, 6) is 1.26. The first-order valence-corrected chi connectivity index (χ1v) is 12.6. The lowest BCUT2D eigenvalue weighted by Gasteiger charge is -2.25. The standard InChI is InChI=1S/C25H25N3O5S/c1-2-32-25(31)19-18-22(24(30)20-16(23(18)29)6-3-8-26-20)28-10-4-7-17(21(19)28)33-13-5-9-27-11-14-34-15-12-27/h3-4,6-8,10H,2,5,9,11-15H2,1H3. The van der Waals surface area contributed by atoms with Gasteiger partial charge in [-0.15, -0.1) is 0 Å². The molecule has 34 heavy (non-hydrogen) atoms. The van der Waals surface area contributed by atoms with Crippen molar-refractivity contribution in [1.82, 2.24) is 14.3 Å². The van der Waals surface area contributed by atoms with Gasteiger partial charge < -0.3 is 18.8 Å². The molecule has 0 atom stereocenters. The predicted molar refractivity (Wildman–Crippen MR) is 128 cm³/mol. The van der Waals surface area contributed by atoms with E-state index in [-0.39, 0.29) is 34.7 Å². The number of ether oxygens (including phenoxy) is 2. The molecule has 1 saturated heterocycles. The maximum Gasteiger partial charge on any atom is 0.341 e. The van der Waals surface area contributed by atoms with Crippen LogP contribution in [-0.4, -0.2) is 76.2 Å². The van der Waals surface area contributed by atoms with Crippen molar-refractivity contribution >= 4 is 34.8 Å². The van der Waals surface area contributed by atoms with Crippen LogP contribution < -0.4 is 4.74 Å². The summed E-state index contributed by atoms with van der Waals surface area (Å²) in [5.41, 5.74) is 0.865. The van der Waals surface area contributed by atoms with Gasteiger partial charge in [0.15, 0.2) is 5.78 Å². The molecule has 176 valence electrons. The van der Waals surface area contributed by atoms with Crippen LogP contribution in [-0.2, 0) is 4.74 Å². The highest BCUT2D eigenvalue weighted by Crippen LogP contribution is 2.37. The van der Waals surface area contributed by atoms with Crippen molar-refractivity contribution in [3.8, 4) is 5.75 Å². The quantitative estimate of drug-likeness (QED) is 0.295. The highest BCUT2D eigenvalue weighted by atomic mass is 32.2. The van der Waals surface area contributed by atoms with E-state index in [1.54, 1.807) is 41.8 Å². The van der Waals surface area contributed by atoms with Crippen molar-refractivity contribution < 1.29 is 23.9 Å². The van der Waals surface area contributed by atoms with Gasteiger partial charge in [-0.3, -0.25) is 14.6 Å². The molecule has 0 amide bonds. The lowest BCUT2D eigenvalue weighted by molar-refractivity contribution is 0.0525. The van der Waals surface area contributed by atoms with Crippen molar-refractivity contribution in [2.45, 2.75) is 13.3 Å². The van der Waals surface area contributed by atoms with Gasteiger partial charge in [0.1, 0.15) is 28.2 Å². The van der Waals surface area contributed by atoms with Crippen LogP contribution in [0.15, 0.2) is 36.7 Å². The summed E-state index contributed by atoms with van der Waals surface area (Å²) in [6.45, 7) is 5.39. The van der Waals surface area contributed by atoms with E-state index in [9.17, 15) is 14.4 Å². The molecule has 3 aromatic heterocycles. The number of hydrogen-bond acceptors (Lipinski definition) is 8. The molecule has 0 saturated carbocycles. The number of esters is 1. The molecule has 0 aromatic carbocycles. The second-order valence-electron chi connectivity index (χ2n) is 8.12. The van der Waals surface area contributed by atoms with Crippen molar-refractivity contribution in [3.05, 3.63) is 64.7 Å². The highest BCUT2D eigenvalue weighted by molar-refractivity contribution is 7.99. The topological polar surface area (TPSA) is 90.2 Å². The predicted octanol–water partition coefficient (Wildman–Crippen LogP) is 3.10. The van der Waals surface area contributed by atoms with Gasteiger partial charge in [-0.1, -0.05) is 0 Å². The maximum atomic E-state index is 13.4. The number of rotatable bonds is 7. The fourth-order valence-corrected chi connectivity index (χ4v) is 5.53. The highest BCUT2D eigenvalue weighted by Gasteiger charge is 2.40. The van der Waals surface area contributed by atoms with Crippen LogP contribution in [0.5, 0.6) is 5.75 Å². The number of pyridine rings is 2. The van der Waals surface area contributed by atoms with E-state index in [4.69, 9.17) is 9.47 Å². The third kappa shape index (κ3) is 3.88. The zero-order valence-electron chi connectivity index (χ0n) is 18.9. The molecular formula is C25H25N3O5S. The van der Waals surface area contributed by atoms with E-state index in [1.807, 2.05) is 11.8 Å². The van der Waals surface area contributed by atoms with E-state index < -0.39 is 17.5 Å². The van der Waals surface area contributed by atoms with Gasteiger partial charge in [-0.05, 0) is 37.6 Å². The van der Waals surface area contributed by atoms with E-state index in [0.717, 1.165) is 37.6 Å². The molecule has 0 unspecified atom stereocenters. The second kappa shape index (κ2) is 9.60. The fourth-order valence-electron chi connectivity index (χ4n) is 4.55. The van der Waals surface area contributed by atoms with Crippen LogP contribution in [0.2, 0.25) is 0 Å². The second-order valence-corrected chi connectivity index (χ2v) is 9.35. The number of hydrogen-bond donors (Lipinski definition) is 0. The molecule has 8 nitrogen and oxygen atoms in total. The molecule has 5 rings (SSSR count). The van der Waals surface area contributed by atoms with Crippen LogP contribution in [0, 0.1) is 0 Å². The Morgan fingerprint density at radius 3 is 2.76 bits per heavy atom. The Morgan fingerprint density at radius 2 is 1.97 bits per heavy atom. The first-order valence-electron chi connectivity index (χ1n) is 11.4. The molecule has 0 spiro atoms. The van der Waals surface area contributed by atoms with E-state index in [2.05, 4.69) is 9.88 Å². The third-order valence-corrected chi connectivity index (χ3v) is 7.03. The summed E-state index contributed by atoms with van der Waals surface area (Å²) in [6.07, 6.45) is 3.97. The Morgan fingerprint density at radius 1 is 1.15 bits per heavy atom. The number of nitrogens with zero attached hydrogens (tertiary/aromatic N) is 3. The minimum absolute atomic E-state index is 0.0471. The van der Waals surface area contributed by atoms with Crippen LogP contribution in [0.3, 0.4) is 0 Å².